The minimum absolute atomic E-state index is 0.265. The lowest BCUT2D eigenvalue weighted by Gasteiger charge is -2.24. The van der Waals surface area contributed by atoms with E-state index in [-0.39, 0.29) is 12.2 Å². The van der Waals surface area contributed by atoms with E-state index >= 15 is 0 Å². The van der Waals surface area contributed by atoms with Crippen molar-refractivity contribution in [1.82, 2.24) is 5.32 Å². The average molecular weight is 274 g/mol. The van der Waals surface area contributed by atoms with Crippen LogP contribution >= 0.6 is 11.6 Å². The maximum Gasteiger partial charge on any atom is 0.127 e. The molecule has 0 amide bonds. The van der Waals surface area contributed by atoms with Crippen LogP contribution in [0.2, 0.25) is 5.02 Å². The summed E-state index contributed by atoms with van der Waals surface area (Å²) >= 11 is 5.69. The largest absolute Gasteiger partial charge is 0.389 e. The van der Waals surface area contributed by atoms with E-state index in [4.69, 9.17) is 11.6 Å². The summed E-state index contributed by atoms with van der Waals surface area (Å²) in [5.41, 5.74) is -0.487. The second kappa shape index (κ2) is 6.50. The second-order valence-electron chi connectivity index (χ2n) is 5.43. The molecule has 1 aromatic carbocycles. The van der Waals surface area contributed by atoms with E-state index in [2.05, 4.69) is 19.2 Å². The van der Waals surface area contributed by atoms with E-state index in [1.54, 1.807) is 19.1 Å². The summed E-state index contributed by atoms with van der Waals surface area (Å²) < 4.78 is 13.6. The quantitative estimate of drug-likeness (QED) is 0.835. The van der Waals surface area contributed by atoms with E-state index in [0.717, 1.165) is 6.54 Å². The zero-order valence-electron chi connectivity index (χ0n) is 11.1. The summed E-state index contributed by atoms with van der Waals surface area (Å²) in [6, 6.07) is 4.53. The summed E-state index contributed by atoms with van der Waals surface area (Å²) in [4.78, 5) is 0. The number of rotatable bonds is 6. The molecule has 0 aliphatic carbocycles. The van der Waals surface area contributed by atoms with Gasteiger partial charge in [-0.15, -0.1) is 0 Å². The van der Waals surface area contributed by atoms with Crippen molar-refractivity contribution in [2.75, 3.05) is 13.1 Å². The van der Waals surface area contributed by atoms with Gasteiger partial charge >= 0.3 is 0 Å². The van der Waals surface area contributed by atoms with E-state index in [0.29, 0.717) is 23.0 Å². The minimum Gasteiger partial charge on any atom is -0.389 e. The van der Waals surface area contributed by atoms with E-state index < -0.39 is 5.60 Å². The van der Waals surface area contributed by atoms with E-state index in [9.17, 15) is 9.50 Å². The zero-order valence-corrected chi connectivity index (χ0v) is 11.9. The molecule has 0 radical (unpaired) electrons. The summed E-state index contributed by atoms with van der Waals surface area (Å²) in [6.07, 6.45) is 0.265. The summed E-state index contributed by atoms with van der Waals surface area (Å²) in [6.45, 7) is 7.17. The molecule has 0 heterocycles. The monoisotopic (exact) mass is 273 g/mol. The molecule has 0 aliphatic heterocycles. The molecule has 1 rings (SSSR count). The third kappa shape index (κ3) is 5.34. The van der Waals surface area contributed by atoms with Crippen molar-refractivity contribution in [2.45, 2.75) is 32.8 Å². The third-order valence-corrected chi connectivity index (χ3v) is 2.88. The molecular formula is C14H21ClFNO. The predicted molar refractivity (Wildman–Crippen MR) is 73.4 cm³/mol. The van der Waals surface area contributed by atoms with Gasteiger partial charge in [0.1, 0.15) is 5.82 Å². The van der Waals surface area contributed by atoms with Crippen molar-refractivity contribution in [2.24, 2.45) is 5.92 Å². The smallest absolute Gasteiger partial charge is 0.127 e. The topological polar surface area (TPSA) is 32.3 Å². The molecule has 4 heteroatoms. The highest BCUT2D eigenvalue weighted by atomic mass is 35.5. The summed E-state index contributed by atoms with van der Waals surface area (Å²) in [5.74, 6) is 0.153. The van der Waals surface area contributed by atoms with Crippen molar-refractivity contribution >= 4 is 11.6 Å². The van der Waals surface area contributed by atoms with Gasteiger partial charge < -0.3 is 10.4 Å². The zero-order chi connectivity index (χ0) is 13.8. The number of halogens is 2. The first-order valence-electron chi connectivity index (χ1n) is 6.17. The molecule has 0 aromatic heterocycles. The van der Waals surface area contributed by atoms with Gasteiger partial charge in [0.05, 0.1) is 5.60 Å². The molecule has 1 aromatic rings. The first kappa shape index (κ1) is 15.4. The molecule has 0 saturated heterocycles. The molecule has 2 N–H and O–H groups in total. The molecule has 1 atom stereocenters. The first-order chi connectivity index (χ1) is 8.30. The van der Waals surface area contributed by atoms with Gasteiger partial charge in [-0.1, -0.05) is 31.5 Å². The minimum atomic E-state index is -0.969. The van der Waals surface area contributed by atoms with Gasteiger partial charge in [0, 0.05) is 18.0 Å². The van der Waals surface area contributed by atoms with Gasteiger partial charge in [0.15, 0.2) is 0 Å². The van der Waals surface area contributed by atoms with Crippen molar-refractivity contribution in [1.29, 1.82) is 0 Å². The molecule has 0 spiro atoms. The predicted octanol–water partition coefficient (Wildman–Crippen LogP) is 3.02. The fraction of sp³-hybridized carbons (Fsp3) is 0.571. The van der Waals surface area contributed by atoms with Gasteiger partial charge in [0.25, 0.3) is 0 Å². The van der Waals surface area contributed by atoms with Crippen molar-refractivity contribution < 1.29 is 9.50 Å². The van der Waals surface area contributed by atoms with Crippen LogP contribution in [0.25, 0.3) is 0 Å². The highest BCUT2D eigenvalue weighted by Gasteiger charge is 2.22. The lowest BCUT2D eigenvalue weighted by atomic mass is 9.96. The molecule has 18 heavy (non-hydrogen) atoms. The standard InChI is InChI=1S/C14H21ClFNO/c1-10(2)8-17-9-14(3,18)7-11-4-5-12(15)6-13(11)16/h4-6,10,17-18H,7-9H2,1-3H3. The van der Waals surface area contributed by atoms with Crippen LogP contribution < -0.4 is 5.32 Å². The third-order valence-electron chi connectivity index (χ3n) is 2.64. The Kier molecular flexibility index (Phi) is 5.57. The van der Waals surface area contributed by atoms with Gasteiger partial charge in [-0.25, -0.2) is 4.39 Å². The van der Waals surface area contributed by atoms with Crippen LogP contribution in [0.1, 0.15) is 26.3 Å². The fourth-order valence-electron chi connectivity index (χ4n) is 1.77. The molecule has 0 fully saturated rings. The van der Waals surface area contributed by atoms with E-state index in [1.807, 2.05) is 0 Å². The van der Waals surface area contributed by atoms with Crippen LogP contribution in [0.4, 0.5) is 4.39 Å². The lowest BCUT2D eigenvalue weighted by Crippen LogP contribution is -2.41. The van der Waals surface area contributed by atoms with Crippen molar-refractivity contribution in [3.05, 3.63) is 34.6 Å². The molecular weight excluding hydrogens is 253 g/mol. The Hall–Kier alpha value is -0.640. The number of hydrogen-bond acceptors (Lipinski definition) is 2. The number of hydrogen-bond donors (Lipinski definition) is 2. The van der Waals surface area contributed by atoms with Crippen LogP contribution in [0.3, 0.4) is 0 Å². The Bertz CT molecular complexity index is 393. The molecule has 102 valence electrons. The Morgan fingerprint density at radius 3 is 2.67 bits per heavy atom. The van der Waals surface area contributed by atoms with Crippen LogP contribution in [-0.4, -0.2) is 23.8 Å². The Morgan fingerprint density at radius 2 is 2.11 bits per heavy atom. The Balaban J connectivity index is 2.58. The van der Waals surface area contributed by atoms with Crippen LogP contribution in [-0.2, 0) is 6.42 Å². The normalized spacial score (nSPS) is 14.8. The SMILES string of the molecule is CC(C)CNCC(C)(O)Cc1ccc(Cl)cc1F. The molecule has 1 unspecified atom stereocenters. The van der Waals surface area contributed by atoms with Crippen molar-refractivity contribution in [3.63, 3.8) is 0 Å². The van der Waals surface area contributed by atoms with Gasteiger partial charge in [0.2, 0.25) is 0 Å². The number of nitrogens with one attached hydrogen (secondary N) is 1. The van der Waals surface area contributed by atoms with Gasteiger partial charge in [-0.2, -0.15) is 0 Å². The van der Waals surface area contributed by atoms with Crippen LogP contribution in [0, 0.1) is 11.7 Å². The maximum absolute atomic E-state index is 13.6. The highest BCUT2D eigenvalue weighted by molar-refractivity contribution is 6.30. The van der Waals surface area contributed by atoms with Gasteiger partial charge in [-0.3, -0.25) is 0 Å². The molecule has 2 nitrogen and oxygen atoms in total. The number of benzene rings is 1. The molecule has 0 saturated carbocycles. The first-order valence-corrected chi connectivity index (χ1v) is 6.55. The average Bonchev–Trinajstić information content (AvgIpc) is 2.21. The number of aliphatic hydroxyl groups is 1. The van der Waals surface area contributed by atoms with Gasteiger partial charge in [-0.05, 0) is 37.1 Å². The Morgan fingerprint density at radius 1 is 1.44 bits per heavy atom. The van der Waals surface area contributed by atoms with Crippen LogP contribution in [0.5, 0.6) is 0 Å². The molecule has 0 aliphatic rings. The second-order valence-corrected chi connectivity index (χ2v) is 5.87. The summed E-state index contributed by atoms with van der Waals surface area (Å²) in [5, 5.41) is 13.8. The van der Waals surface area contributed by atoms with E-state index in [1.165, 1.54) is 6.07 Å². The summed E-state index contributed by atoms with van der Waals surface area (Å²) in [7, 11) is 0. The van der Waals surface area contributed by atoms with Crippen molar-refractivity contribution in [3.8, 4) is 0 Å². The van der Waals surface area contributed by atoms with Crippen LogP contribution in [0.15, 0.2) is 18.2 Å². The lowest BCUT2D eigenvalue weighted by molar-refractivity contribution is 0.0587. The fourth-order valence-corrected chi connectivity index (χ4v) is 1.93. The maximum atomic E-state index is 13.6. The highest BCUT2D eigenvalue weighted by Crippen LogP contribution is 2.19. The Labute approximate surface area is 113 Å². The molecule has 0 bridgehead atoms.